The van der Waals surface area contributed by atoms with Crippen LogP contribution in [0.1, 0.15) is 12.8 Å². The van der Waals surface area contributed by atoms with Crippen molar-refractivity contribution in [3.8, 4) is 0 Å². The lowest BCUT2D eigenvalue weighted by atomic mass is 10.3. The van der Waals surface area contributed by atoms with E-state index in [0.29, 0.717) is 0 Å². The highest BCUT2D eigenvalue weighted by atomic mass is 32.2. The third-order valence-electron chi connectivity index (χ3n) is 2.02. The van der Waals surface area contributed by atoms with Crippen LogP contribution in [0.4, 0.5) is 0 Å². The van der Waals surface area contributed by atoms with Crippen LogP contribution in [0.15, 0.2) is 23.6 Å². The van der Waals surface area contributed by atoms with Crippen molar-refractivity contribution in [1.29, 1.82) is 0 Å². The van der Waals surface area contributed by atoms with Gasteiger partial charge in [-0.2, -0.15) is 5.10 Å². The number of aromatic amines is 1. The lowest BCUT2D eigenvalue weighted by Crippen LogP contribution is -2.19. The number of hydrogen-bond donors (Lipinski definition) is 2. The summed E-state index contributed by atoms with van der Waals surface area (Å²) in [5.41, 5.74) is 1.21. The molecule has 1 aromatic heterocycles. The topological polar surface area (TPSA) is 53.6 Å². The van der Waals surface area contributed by atoms with Crippen LogP contribution in [0.25, 0.3) is 0 Å². The molecule has 0 spiro atoms. The number of hydrogen-bond acceptors (Lipinski definition) is 4. The highest BCUT2D eigenvalue weighted by molar-refractivity contribution is 7.99. The van der Waals surface area contributed by atoms with Gasteiger partial charge in [-0.1, -0.05) is 23.9 Å². The molecule has 0 bridgehead atoms. The SMILES string of the molecule is C=C(CNC1CC1)CSc1ncn[nH]1. The lowest BCUT2D eigenvalue weighted by molar-refractivity contribution is 0.736. The van der Waals surface area contributed by atoms with Gasteiger partial charge in [-0.15, -0.1) is 0 Å². The first-order valence-electron chi connectivity index (χ1n) is 4.73. The molecule has 1 fully saturated rings. The largest absolute Gasteiger partial charge is 0.310 e. The van der Waals surface area contributed by atoms with E-state index in [1.54, 1.807) is 11.8 Å². The molecule has 0 atom stereocenters. The predicted octanol–water partition coefficient (Wildman–Crippen LogP) is 1.20. The van der Waals surface area contributed by atoms with E-state index in [0.717, 1.165) is 23.5 Å². The fourth-order valence-electron chi connectivity index (χ4n) is 1.06. The minimum atomic E-state index is 0.752. The van der Waals surface area contributed by atoms with Crippen LogP contribution in [0.2, 0.25) is 0 Å². The Balaban J connectivity index is 1.62. The lowest BCUT2D eigenvalue weighted by Gasteiger charge is -2.04. The molecule has 0 aliphatic heterocycles. The van der Waals surface area contributed by atoms with Gasteiger partial charge in [0.2, 0.25) is 0 Å². The van der Waals surface area contributed by atoms with Gasteiger partial charge in [0, 0.05) is 18.3 Å². The third-order valence-corrected chi connectivity index (χ3v) is 3.05. The normalized spacial score (nSPS) is 15.7. The summed E-state index contributed by atoms with van der Waals surface area (Å²) in [6.07, 6.45) is 4.17. The first-order valence-corrected chi connectivity index (χ1v) is 5.71. The number of thioether (sulfide) groups is 1. The van der Waals surface area contributed by atoms with Crippen LogP contribution >= 0.6 is 11.8 Å². The van der Waals surface area contributed by atoms with E-state index in [1.165, 1.54) is 24.7 Å². The molecule has 1 heterocycles. The Morgan fingerprint density at radius 3 is 3.21 bits per heavy atom. The molecule has 4 nitrogen and oxygen atoms in total. The molecule has 14 heavy (non-hydrogen) atoms. The monoisotopic (exact) mass is 210 g/mol. The van der Waals surface area contributed by atoms with Gasteiger partial charge in [-0.25, -0.2) is 4.98 Å². The average molecular weight is 210 g/mol. The molecular weight excluding hydrogens is 196 g/mol. The second-order valence-corrected chi connectivity index (χ2v) is 4.45. The van der Waals surface area contributed by atoms with E-state index < -0.39 is 0 Å². The number of aromatic nitrogens is 3. The van der Waals surface area contributed by atoms with Crippen molar-refractivity contribution in [2.45, 2.75) is 24.0 Å². The summed E-state index contributed by atoms with van der Waals surface area (Å²) in [7, 11) is 0. The van der Waals surface area contributed by atoms with Crippen molar-refractivity contribution in [3.05, 3.63) is 18.5 Å². The first kappa shape index (κ1) is 9.73. The quantitative estimate of drug-likeness (QED) is 0.547. The maximum Gasteiger partial charge on any atom is 0.183 e. The van der Waals surface area contributed by atoms with E-state index >= 15 is 0 Å². The molecule has 5 heteroatoms. The molecule has 0 aromatic carbocycles. The standard InChI is InChI=1S/C9H14N4S/c1-7(4-10-8-2-3-8)5-14-9-11-6-12-13-9/h6,8,10H,1-5H2,(H,11,12,13). The van der Waals surface area contributed by atoms with Gasteiger partial charge in [0.15, 0.2) is 5.16 Å². The summed E-state index contributed by atoms with van der Waals surface area (Å²) in [6, 6.07) is 0.752. The van der Waals surface area contributed by atoms with Gasteiger partial charge < -0.3 is 5.32 Å². The van der Waals surface area contributed by atoms with Crippen molar-refractivity contribution < 1.29 is 0 Å². The maximum absolute atomic E-state index is 4.03. The van der Waals surface area contributed by atoms with Gasteiger partial charge >= 0.3 is 0 Å². The first-order chi connectivity index (χ1) is 6.84. The van der Waals surface area contributed by atoms with Crippen molar-refractivity contribution in [1.82, 2.24) is 20.5 Å². The molecule has 2 N–H and O–H groups in total. The van der Waals surface area contributed by atoms with Crippen LogP contribution in [0.3, 0.4) is 0 Å². The summed E-state index contributed by atoms with van der Waals surface area (Å²) in [6.45, 7) is 4.93. The van der Waals surface area contributed by atoms with Crippen molar-refractivity contribution in [3.63, 3.8) is 0 Å². The van der Waals surface area contributed by atoms with Gasteiger partial charge in [-0.05, 0) is 12.8 Å². The van der Waals surface area contributed by atoms with E-state index in [2.05, 4.69) is 27.1 Å². The van der Waals surface area contributed by atoms with E-state index in [4.69, 9.17) is 0 Å². The fraction of sp³-hybridized carbons (Fsp3) is 0.556. The molecule has 2 rings (SSSR count). The summed E-state index contributed by atoms with van der Waals surface area (Å²) >= 11 is 1.64. The van der Waals surface area contributed by atoms with Gasteiger partial charge in [0.25, 0.3) is 0 Å². The van der Waals surface area contributed by atoms with Crippen LogP contribution in [0, 0.1) is 0 Å². The van der Waals surface area contributed by atoms with Crippen molar-refractivity contribution in [2.75, 3.05) is 12.3 Å². The van der Waals surface area contributed by atoms with Gasteiger partial charge in [-0.3, -0.25) is 5.10 Å². The number of nitrogens with zero attached hydrogens (tertiary/aromatic N) is 2. The second kappa shape index (κ2) is 4.61. The smallest absolute Gasteiger partial charge is 0.183 e. The Bertz CT molecular complexity index is 292. The van der Waals surface area contributed by atoms with Crippen LogP contribution in [-0.4, -0.2) is 33.5 Å². The zero-order chi connectivity index (χ0) is 9.80. The summed E-state index contributed by atoms with van der Waals surface area (Å²) < 4.78 is 0. The van der Waals surface area contributed by atoms with E-state index in [9.17, 15) is 0 Å². The van der Waals surface area contributed by atoms with Crippen molar-refractivity contribution in [2.24, 2.45) is 0 Å². The number of nitrogens with one attached hydrogen (secondary N) is 2. The zero-order valence-electron chi connectivity index (χ0n) is 7.99. The minimum absolute atomic E-state index is 0.752. The second-order valence-electron chi connectivity index (χ2n) is 3.48. The van der Waals surface area contributed by atoms with E-state index in [1.807, 2.05) is 0 Å². The third kappa shape index (κ3) is 3.16. The molecule has 0 unspecified atom stereocenters. The molecule has 0 radical (unpaired) electrons. The maximum atomic E-state index is 4.03. The average Bonchev–Trinajstić information content (AvgIpc) is 2.87. The summed E-state index contributed by atoms with van der Waals surface area (Å²) in [5, 5.41) is 10.9. The van der Waals surface area contributed by atoms with Crippen LogP contribution < -0.4 is 5.32 Å². The highest BCUT2D eigenvalue weighted by Crippen LogP contribution is 2.19. The number of rotatable bonds is 6. The molecule has 1 saturated carbocycles. The molecule has 1 aliphatic rings. The summed E-state index contributed by atoms with van der Waals surface area (Å²) in [5.74, 6) is 0.898. The predicted molar refractivity (Wildman–Crippen MR) is 57.3 cm³/mol. The molecule has 0 saturated heterocycles. The molecule has 1 aromatic rings. The molecule has 1 aliphatic carbocycles. The Morgan fingerprint density at radius 2 is 2.57 bits per heavy atom. The Kier molecular flexibility index (Phi) is 3.21. The fourth-order valence-corrected chi connectivity index (χ4v) is 1.74. The van der Waals surface area contributed by atoms with Gasteiger partial charge in [0.1, 0.15) is 6.33 Å². The Hall–Kier alpha value is -0.810. The minimum Gasteiger partial charge on any atom is -0.310 e. The highest BCUT2D eigenvalue weighted by Gasteiger charge is 2.19. The molecular formula is C9H14N4S. The number of H-pyrrole nitrogens is 1. The van der Waals surface area contributed by atoms with Crippen molar-refractivity contribution >= 4 is 11.8 Å². The van der Waals surface area contributed by atoms with Crippen LogP contribution in [0.5, 0.6) is 0 Å². The Morgan fingerprint density at radius 1 is 1.71 bits per heavy atom. The van der Waals surface area contributed by atoms with E-state index in [-0.39, 0.29) is 0 Å². The zero-order valence-corrected chi connectivity index (χ0v) is 8.81. The molecule has 0 amide bonds. The van der Waals surface area contributed by atoms with Crippen LogP contribution in [-0.2, 0) is 0 Å². The summed E-state index contributed by atoms with van der Waals surface area (Å²) in [4.78, 5) is 4.03. The molecule has 76 valence electrons. The van der Waals surface area contributed by atoms with Gasteiger partial charge in [0.05, 0.1) is 0 Å². The Labute approximate surface area is 87.6 Å².